The van der Waals surface area contributed by atoms with Crippen LogP contribution in [-0.2, 0) is 20.3 Å². The van der Waals surface area contributed by atoms with Gasteiger partial charge in [-0.1, -0.05) is 6.07 Å². The molecule has 0 amide bonds. The first-order valence-corrected chi connectivity index (χ1v) is 8.65. The number of hydrogen-bond acceptors (Lipinski definition) is 5. The molecule has 2 aromatic carbocycles. The van der Waals surface area contributed by atoms with Crippen molar-refractivity contribution in [2.24, 2.45) is 0 Å². The van der Waals surface area contributed by atoms with Gasteiger partial charge in [-0.2, -0.15) is 0 Å². The van der Waals surface area contributed by atoms with Crippen LogP contribution in [-0.4, -0.2) is 28.6 Å². The van der Waals surface area contributed by atoms with E-state index in [1.807, 2.05) is 6.07 Å². The van der Waals surface area contributed by atoms with Gasteiger partial charge in [0.2, 0.25) is 0 Å². The number of rotatable bonds is 2. The maximum absolute atomic E-state index is 12.6. The molecule has 0 saturated carbocycles. The van der Waals surface area contributed by atoms with E-state index >= 15 is 0 Å². The largest absolute Gasteiger partial charge is 0.497 e. The standard InChI is InChI=1S/C17H16O5S/c1-10-6-15-13-5-4-12(21-2)7-11(13)9-23(19,20)16(15)8-14(10)17(18)22-3/h4-8H,9H2,1-3H3. The van der Waals surface area contributed by atoms with Crippen LogP contribution in [0.3, 0.4) is 0 Å². The van der Waals surface area contributed by atoms with Crippen molar-refractivity contribution in [3.8, 4) is 16.9 Å². The van der Waals surface area contributed by atoms with Gasteiger partial charge in [0.25, 0.3) is 0 Å². The summed E-state index contributed by atoms with van der Waals surface area (Å²) in [7, 11) is -0.708. The minimum Gasteiger partial charge on any atom is -0.497 e. The lowest BCUT2D eigenvalue weighted by atomic mass is 9.96. The second kappa shape index (κ2) is 5.38. The Bertz CT molecular complexity index is 913. The zero-order valence-electron chi connectivity index (χ0n) is 13.0. The number of benzene rings is 2. The summed E-state index contributed by atoms with van der Waals surface area (Å²) < 4.78 is 35.1. The highest BCUT2D eigenvalue weighted by molar-refractivity contribution is 7.90. The van der Waals surface area contributed by atoms with Crippen molar-refractivity contribution >= 4 is 15.8 Å². The van der Waals surface area contributed by atoms with E-state index < -0.39 is 15.8 Å². The number of ether oxygens (including phenoxy) is 2. The van der Waals surface area contributed by atoms with Crippen LogP contribution in [0.5, 0.6) is 5.75 Å². The van der Waals surface area contributed by atoms with Gasteiger partial charge in [0, 0.05) is 5.56 Å². The third kappa shape index (κ3) is 2.49. The van der Waals surface area contributed by atoms with Crippen LogP contribution in [0.1, 0.15) is 21.5 Å². The molecule has 0 unspecified atom stereocenters. The van der Waals surface area contributed by atoms with Gasteiger partial charge in [-0.15, -0.1) is 0 Å². The monoisotopic (exact) mass is 332 g/mol. The van der Waals surface area contributed by atoms with Crippen LogP contribution in [0.2, 0.25) is 0 Å². The molecule has 23 heavy (non-hydrogen) atoms. The fourth-order valence-corrected chi connectivity index (χ4v) is 4.45. The molecule has 0 bridgehead atoms. The summed E-state index contributed by atoms with van der Waals surface area (Å²) in [4.78, 5) is 12.0. The van der Waals surface area contributed by atoms with Crippen molar-refractivity contribution < 1.29 is 22.7 Å². The summed E-state index contributed by atoms with van der Waals surface area (Å²) in [6, 6.07) is 8.52. The predicted molar refractivity (Wildman–Crippen MR) is 85.4 cm³/mol. The van der Waals surface area contributed by atoms with E-state index in [1.165, 1.54) is 13.2 Å². The summed E-state index contributed by atoms with van der Waals surface area (Å²) in [5.41, 5.74) is 3.09. The number of carbonyl (C=O) groups excluding carboxylic acids is 1. The molecule has 2 aromatic rings. The van der Waals surface area contributed by atoms with Crippen LogP contribution in [0.15, 0.2) is 35.2 Å². The Hall–Kier alpha value is -2.34. The molecule has 0 N–H and O–H groups in total. The number of esters is 1. The highest BCUT2D eigenvalue weighted by Gasteiger charge is 2.30. The number of fused-ring (bicyclic) bond motifs is 3. The fraction of sp³-hybridized carbons (Fsp3) is 0.235. The van der Waals surface area contributed by atoms with Gasteiger partial charge < -0.3 is 9.47 Å². The lowest BCUT2D eigenvalue weighted by molar-refractivity contribution is 0.0599. The van der Waals surface area contributed by atoms with Gasteiger partial charge in [0.15, 0.2) is 9.84 Å². The first kappa shape index (κ1) is 15.6. The van der Waals surface area contributed by atoms with E-state index in [-0.39, 0.29) is 16.2 Å². The molecule has 6 heteroatoms. The van der Waals surface area contributed by atoms with Crippen molar-refractivity contribution in [2.75, 3.05) is 14.2 Å². The Balaban J connectivity index is 2.30. The van der Waals surface area contributed by atoms with E-state index in [0.29, 0.717) is 22.4 Å². The second-order valence-corrected chi connectivity index (χ2v) is 7.40. The van der Waals surface area contributed by atoms with Crippen molar-refractivity contribution in [2.45, 2.75) is 17.6 Å². The van der Waals surface area contributed by atoms with Crippen LogP contribution in [0, 0.1) is 6.92 Å². The zero-order valence-corrected chi connectivity index (χ0v) is 13.9. The van der Waals surface area contributed by atoms with Crippen LogP contribution < -0.4 is 4.74 Å². The molecule has 1 aliphatic rings. The van der Waals surface area contributed by atoms with Crippen molar-refractivity contribution in [3.05, 3.63) is 47.0 Å². The quantitative estimate of drug-likeness (QED) is 0.791. The topological polar surface area (TPSA) is 69.7 Å². The first-order valence-electron chi connectivity index (χ1n) is 7.00. The van der Waals surface area contributed by atoms with Gasteiger partial charge in [0.05, 0.1) is 30.4 Å². The van der Waals surface area contributed by atoms with E-state index in [4.69, 9.17) is 9.47 Å². The molecule has 3 rings (SSSR count). The molecule has 0 atom stereocenters. The molecule has 0 fully saturated rings. The highest BCUT2D eigenvalue weighted by atomic mass is 32.2. The molecule has 120 valence electrons. The Morgan fingerprint density at radius 3 is 2.48 bits per heavy atom. The van der Waals surface area contributed by atoms with Crippen LogP contribution >= 0.6 is 0 Å². The van der Waals surface area contributed by atoms with Gasteiger partial charge in [-0.25, -0.2) is 13.2 Å². The lowest BCUT2D eigenvalue weighted by Crippen LogP contribution is -2.15. The number of methoxy groups -OCH3 is 2. The SMILES string of the molecule is COC(=O)c1cc2c(cc1C)-c1ccc(OC)cc1CS2(=O)=O. The number of carbonyl (C=O) groups is 1. The average Bonchev–Trinajstić information content (AvgIpc) is 2.52. The second-order valence-electron chi connectivity index (χ2n) is 5.44. The number of hydrogen-bond donors (Lipinski definition) is 0. The van der Waals surface area contributed by atoms with Gasteiger partial charge in [0.1, 0.15) is 5.75 Å². The molecule has 1 heterocycles. The van der Waals surface area contributed by atoms with Gasteiger partial charge in [-0.05, 0) is 47.9 Å². The summed E-state index contributed by atoms with van der Waals surface area (Å²) in [5, 5.41) is 0. The maximum Gasteiger partial charge on any atom is 0.338 e. The Morgan fingerprint density at radius 1 is 1.09 bits per heavy atom. The number of sulfone groups is 1. The van der Waals surface area contributed by atoms with Gasteiger partial charge >= 0.3 is 5.97 Å². The highest BCUT2D eigenvalue weighted by Crippen LogP contribution is 2.40. The van der Waals surface area contributed by atoms with Crippen molar-refractivity contribution in [3.63, 3.8) is 0 Å². The van der Waals surface area contributed by atoms with E-state index in [2.05, 4.69) is 0 Å². The van der Waals surface area contributed by atoms with Crippen LogP contribution in [0.25, 0.3) is 11.1 Å². The third-order valence-electron chi connectivity index (χ3n) is 4.02. The molecule has 5 nitrogen and oxygen atoms in total. The average molecular weight is 332 g/mol. The Kier molecular flexibility index (Phi) is 3.64. The normalized spacial score (nSPS) is 14.6. The smallest absolute Gasteiger partial charge is 0.338 e. The molecule has 0 saturated heterocycles. The maximum atomic E-state index is 12.6. The molecule has 1 aliphatic heterocycles. The molecular formula is C17H16O5S. The molecule has 0 spiro atoms. The first-order chi connectivity index (χ1) is 10.9. The zero-order chi connectivity index (χ0) is 16.8. The lowest BCUT2D eigenvalue weighted by Gasteiger charge is -2.22. The fourth-order valence-electron chi connectivity index (χ4n) is 2.85. The summed E-state index contributed by atoms with van der Waals surface area (Å²) >= 11 is 0. The summed E-state index contributed by atoms with van der Waals surface area (Å²) in [5.74, 6) is -0.0396. The minimum atomic E-state index is -3.52. The van der Waals surface area contributed by atoms with E-state index in [0.717, 1.165) is 5.56 Å². The van der Waals surface area contributed by atoms with E-state index in [9.17, 15) is 13.2 Å². The summed E-state index contributed by atoms with van der Waals surface area (Å²) in [6.45, 7) is 1.76. The molecule has 0 aromatic heterocycles. The van der Waals surface area contributed by atoms with Gasteiger partial charge in [-0.3, -0.25) is 0 Å². The van der Waals surface area contributed by atoms with Crippen LogP contribution in [0.4, 0.5) is 0 Å². The molecule has 0 radical (unpaired) electrons. The number of aryl methyl sites for hydroxylation is 1. The van der Waals surface area contributed by atoms with Crippen molar-refractivity contribution in [1.82, 2.24) is 0 Å². The van der Waals surface area contributed by atoms with Crippen molar-refractivity contribution in [1.29, 1.82) is 0 Å². The minimum absolute atomic E-state index is 0.115. The predicted octanol–water partition coefficient (Wildman–Crippen LogP) is 2.74. The molecule has 0 aliphatic carbocycles. The Labute approximate surface area is 134 Å². The molecular weight excluding hydrogens is 316 g/mol. The third-order valence-corrected chi connectivity index (χ3v) is 5.71. The summed E-state index contributed by atoms with van der Waals surface area (Å²) in [6.07, 6.45) is 0. The van der Waals surface area contributed by atoms with E-state index in [1.54, 1.807) is 32.2 Å². The Morgan fingerprint density at radius 2 is 1.83 bits per heavy atom.